The van der Waals surface area contributed by atoms with Crippen molar-refractivity contribution in [2.75, 3.05) is 0 Å². The molecule has 0 aliphatic carbocycles. The topological polar surface area (TPSA) is 0 Å². The van der Waals surface area contributed by atoms with Gasteiger partial charge in [0.05, 0.1) is 0 Å². The molecule has 0 nitrogen and oxygen atoms in total. The molecule has 4 rings (SSSR count). The molecule has 0 fully saturated rings. The summed E-state index contributed by atoms with van der Waals surface area (Å²) >= 11 is 0. The van der Waals surface area contributed by atoms with E-state index in [1.165, 1.54) is 0 Å². The summed E-state index contributed by atoms with van der Waals surface area (Å²) in [6.07, 6.45) is 0. The van der Waals surface area contributed by atoms with Crippen LogP contribution in [0, 0.1) is 116 Å². The smallest absolute Gasteiger partial charge is 0.204 e. The molecule has 0 unspecified atom stereocenters. The standard InChI is InChI=1S/C28H6B2F20/c1-3(2)28(29(4-8(31)16(39)24(47)17(40)9(4)32)5-10(33)18(41)25(48)19(42)11(5)34)30(6-12(35)20(43)26(49)21(44)13(6)36)7-14(37)22(45)27(50)23(46)15(7)38/h1-2H3. The first-order chi connectivity index (χ1) is 23.0. The van der Waals surface area contributed by atoms with Crippen molar-refractivity contribution in [3.63, 3.8) is 0 Å². The Hall–Kier alpha value is -4.65. The van der Waals surface area contributed by atoms with E-state index in [9.17, 15) is 52.7 Å². The van der Waals surface area contributed by atoms with Crippen LogP contribution in [0.2, 0.25) is 0 Å². The molecule has 0 aliphatic heterocycles. The highest BCUT2D eigenvalue weighted by atomic mass is 19.2. The number of hydrogen-bond acceptors (Lipinski definition) is 0. The maximum Gasteiger partial charge on any atom is 0.245 e. The van der Waals surface area contributed by atoms with Crippen molar-refractivity contribution in [1.29, 1.82) is 0 Å². The quantitative estimate of drug-likeness (QED) is 0.0883. The van der Waals surface area contributed by atoms with E-state index in [0.717, 1.165) is 0 Å². The predicted molar refractivity (Wildman–Crippen MR) is 133 cm³/mol. The third kappa shape index (κ3) is 5.46. The molecular formula is C28H6B2F20. The van der Waals surface area contributed by atoms with Gasteiger partial charge in [-0.1, -0.05) is 5.57 Å². The van der Waals surface area contributed by atoms with Gasteiger partial charge in [0, 0.05) is 21.9 Å². The summed E-state index contributed by atoms with van der Waals surface area (Å²) in [7, 11) is 0. The van der Waals surface area contributed by atoms with Crippen LogP contribution in [0.25, 0.3) is 0 Å². The van der Waals surface area contributed by atoms with Crippen LogP contribution >= 0.6 is 0 Å². The van der Waals surface area contributed by atoms with Gasteiger partial charge in [-0.3, -0.25) is 0 Å². The molecule has 0 atom stereocenters. The van der Waals surface area contributed by atoms with Crippen LogP contribution in [-0.4, -0.2) is 13.4 Å². The number of benzene rings is 4. The average Bonchev–Trinajstić information content (AvgIpc) is 3.07. The van der Waals surface area contributed by atoms with Gasteiger partial charge in [0.25, 0.3) is 0 Å². The Morgan fingerprint density at radius 1 is 0.240 bits per heavy atom. The maximum atomic E-state index is 15.4. The fraction of sp³-hybridized carbons (Fsp3) is 0.0714. The molecule has 0 saturated heterocycles. The van der Waals surface area contributed by atoms with Gasteiger partial charge in [-0.15, -0.1) is 5.37 Å². The first kappa shape index (κ1) is 38.2. The Kier molecular flexibility index (Phi) is 10.1. The molecular weight excluding hydrogens is 738 g/mol. The van der Waals surface area contributed by atoms with Gasteiger partial charge in [0.2, 0.25) is 13.4 Å². The Labute approximate surface area is 264 Å². The van der Waals surface area contributed by atoms with Gasteiger partial charge >= 0.3 is 0 Å². The van der Waals surface area contributed by atoms with Crippen LogP contribution in [0.15, 0.2) is 10.9 Å². The Morgan fingerprint density at radius 3 is 0.480 bits per heavy atom. The molecule has 0 bridgehead atoms. The molecule has 0 heterocycles. The van der Waals surface area contributed by atoms with Gasteiger partial charge < -0.3 is 0 Å². The van der Waals surface area contributed by atoms with Crippen molar-refractivity contribution in [3.8, 4) is 0 Å². The lowest BCUT2D eigenvalue weighted by molar-refractivity contribution is 0.382. The Balaban J connectivity index is 2.45. The van der Waals surface area contributed by atoms with Crippen molar-refractivity contribution in [2.24, 2.45) is 0 Å². The highest BCUT2D eigenvalue weighted by molar-refractivity contribution is 7.10. The molecule has 0 amide bonds. The third-order valence-electron chi connectivity index (χ3n) is 7.33. The van der Waals surface area contributed by atoms with Crippen LogP contribution in [0.1, 0.15) is 13.8 Å². The Morgan fingerprint density at radius 2 is 0.360 bits per heavy atom. The fourth-order valence-electron chi connectivity index (χ4n) is 5.16. The highest BCUT2D eigenvalue weighted by Gasteiger charge is 2.49. The molecule has 0 N–H and O–H groups in total. The van der Waals surface area contributed by atoms with Gasteiger partial charge in [0.1, 0.15) is 0 Å². The van der Waals surface area contributed by atoms with Crippen molar-refractivity contribution in [2.45, 2.75) is 13.8 Å². The Bertz CT molecular complexity index is 1760. The summed E-state index contributed by atoms with van der Waals surface area (Å²) < 4.78 is 295. The summed E-state index contributed by atoms with van der Waals surface area (Å²) in [5.74, 6) is -63.0. The van der Waals surface area contributed by atoms with Crippen molar-refractivity contribution >= 4 is 35.3 Å². The number of hydrogen-bond donors (Lipinski definition) is 0. The van der Waals surface area contributed by atoms with E-state index < -0.39 is 163 Å². The van der Waals surface area contributed by atoms with Crippen molar-refractivity contribution in [1.82, 2.24) is 0 Å². The first-order valence-electron chi connectivity index (χ1n) is 12.8. The molecule has 22 heteroatoms. The second-order valence-electron chi connectivity index (χ2n) is 10.3. The number of allylic oxidation sites excluding steroid dienone is 1. The monoisotopic (exact) mass is 744 g/mol. The number of rotatable bonds is 6. The molecule has 264 valence electrons. The fourth-order valence-corrected chi connectivity index (χ4v) is 5.16. The first-order valence-corrected chi connectivity index (χ1v) is 12.8. The molecule has 0 spiro atoms. The van der Waals surface area contributed by atoms with E-state index in [1.54, 1.807) is 0 Å². The largest absolute Gasteiger partial charge is 0.245 e. The lowest BCUT2D eigenvalue weighted by Gasteiger charge is -2.29. The molecule has 0 radical (unpaired) electrons. The molecule has 0 saturated carbocycles. The average molecular weight is 744 g/mol. The zero-order valence-corrected chi connectivity index (χ0v) is 23.7. The van der Waals surface area contributed by atoms with E-state index >= 15 is 35.1 Å². The summed E-state index contributed by atoms with van der Waals surface area (Å²) in [5.41, 5.74) is -12.3. The summed E-state index contributed by atoms with van der Waals surface area (Å²) in [6.45, 7) is -7.31. The second-order valence-corrected chi connectivity index (χ2v) is 10.3. The van der Waals surface area contributed by atoms with E-state index in [4.69, 9.17) is 0 Å². The lowest BCUT2D eigenvalue weighted by atomic mass is 9.17. The molecule has 0 aromatic heterocycles. The lowest BCUT2D eigenvalue weighted by Crippen LogP contribution is -2.62. The summed E-state index contributed by atoms with van der Waals surface area (Å²) in [5, 5.41) is -2.19. The molecule has 0 aliphatic rings. The van der Waals surface area contributed by atoms with Gasteiger partial charge in [-0.2, -0.15) is 0 Å². The minimum atomic E-state index is -4.04. The second kappa shape index (κ2) is 13.2. The zero-order valence-electron chi connectivity index (χ0n) is 23.7. The summed E-state index contributed by atoms with van der Waals surface area (Å²) in [4.78, 5) is 0. The molecule has 4 aromatic rings. The van der Waals surface area contributed by atoms with Crippen LogP contribution in [0.3, 0.4) is 0 Å². The van der Waals surface area contributed by atoms with Crippen LogP contribution in [0.5, 0.6) is 0 Å². The van der Waals surface area contributed by atoms with E-state index in [1.807, 2.05) is 0 Å². The van der Waals surface area contributed by atoms with E-state index in [2.05, 4.69) is 0 Å². The summed E-state index contributed by atoms with van der Waals surface area (Å²) in [6, 6.07) is 0. The highest BCUT2D eigenvalue weighted by Crippen LogP contribution is 2.29. The minimum absolute atomic E-state index is 0.380. The van der Waals surface area contributed by atoms with E-state index in [0.29, 0.717) is 13.8 Å². The maximum absolute atomic E-state index is 15.4. The minimum Gasteiger partial charge on any atom is -0.204 e. The zero-order chi connectivity index (χ0) is 38.2. The van der Waals surface area contributed by atoms with Crippen LogP contribution in [0.4, 0.5) is 87.8 Å². The predicted octanol–water partition coefficient (Wildman–Crippen LogP) is 6.80. The van der Waals surface area contributed by atoms with E-state index in [-0.39, 0.29) is 0 Å². The van der Waals surface area contributed by atoms with Gasteiger partial charge in [-0.25, -0.2) is 87.8 Å². The van der Waals surface area contributed by atoms with Gasteiger partial charge in [0.15, 0.2) is 116 Å². The number of halogens is 20. The third-order valence-corrected chi connectivity index (χ3v) is 7.33. The molecule has 4 aromatic carbocycles. The van der Waals surface area contributed by atoms with Gasteiger partial charge in [-0.05, 0) is 13.8 Å². The van der Waals surface area contributed by atoms with Crippen LogP contribution < -0.4 is 21.9 Å². The SMILES string of the molecule is CC(C)=C(B(c1c(F)c(F)c(F)c(F)c1F)c1c(F)c(F)c(F)c(F)c1F)B(c1c(F)c(F)c(F)c(F)c1F)c1c(F)c(F)c(F)c(F)c1F. The normalized spacial score (nSPS) is 11.4. The molecule has 50 heavy (non-hydrogen) atoms. The van der Waals surface area contributed by atoms with Crippen molar-refractivity contribution in [3.05, 3.63) is 127 Å². The van der Waals surface area contributed by atoms with Crippen LogP contribution in [-0.2, 0) is 0 Å². The van der Waals surface area contributed by atoms with Crippen molar-refractivity contribution < 1.29 is 87.8 Å².